The van der Waals surface area contributed by atoms with E-state index in [9.17, 15) is 0 Å². The van der Waals surface area contributed by atoms with Crippen molar-refractivity contribution >= 4 is 11.4 Å². The summed E-state index contributed by atoms with van der Waals surface area (Å²) in [5, 5.41) is 25.5. The van der Waals surface area contributed by atoms with E-state index >= 15 is 0 Å². The number of aromatic hydroxyl groups is 1. The number of nitrogen functional groups attached to an aromatic ring is 2. The number of aliphatic hydroxyl groups excluding tert-OH is 2. The maximum atomic E-state index is 8.86. The molecule has 0 bridgehead atoms. The van der Waals surface area contributed by atoms with Crippen LogP contribution in [-0.4, -0.2) is 27.9 Å². The molecule has 1 aromatic rings. The standard InChI is InChI=1S/C6H8N2O.C4H10O3/c7-4-1-2-6(9)5(8)3-4;1-3(5)7-4(2)6/h1-3,9H,7-8H2;3-6H,1-2H3. The van der Waals surface area contributed by atoms with Crippen LogP contribution in [0.1, 0.15) is 13.8 Å². The summed E-state index contributed by atoms with van der Waals surface area (Å²) in [7, 11) is 0. The summed E-state index contributed by atoms with van der Waals surface area (Å²) in [6.45, 7) is 2.87. The van der Waals surface area contributed by atoms with Gasteiger partial charge in [-0.05, 0) is 32.0 Å². The van der Waals surface area contributed by atoms with Gasteiger partial charge in [-0.25, -0.2) is 0 Å². The molecule has 1 rings (SSSR count). The molecule has 0 heterocycles. The molecular formula is C10H18N2O4. The van der Waals surface area contributed by atoms with E-state index in [0.717, 1.165) is 0 Å². The van der Waals surface area contributed by atoms with Gasteiger partial charge in [0.15, 0.2) is 12.6 Å². The van der Waals surface area contributed by atoms with Gasteiger partial charge in [0.2, 0.25) is 0 Å². The van der Waals surface area contributed by atoms with Crippen molar-refractivity contribution < 1.29 is 20.1 Å². The second-order valence-corrected chi connectivity index (χ2v) is 3.15. The van der Waals surface area contributed by atoms with Crippen LogP contribution in [0, 0.1) is 0 Å². The molecule has 1 aromatic carbocycles. The maximum absolute atomic E-state index is 8.86. The number of phenolic OH excluding ortho intramolecular Hbond substituents is 1. The van der Waals surface area contributed by atoms with Crippen LogP contribution in [0.15, 0.2) is 18.2 Å². The highest BCUT2D eigenvalue weighted by Crippen LogP contribution is 2.20. The Bertz CT molecular complexity index is 310. The lowest BCUT2D eigenvalue weighted by Crippen LogP contribution is -2.14. The predicted octanol–water partition coefficient (Wildman–Crippen LogP) is 0.236. The van der Waals surface area contributed by atoms with Gasteiger partial charge >= 0.3 is 0 Å². The highest BCUT2D eigenvalue weighted by atomic mass is 16.7. The molecule has 0 spiro atoms. The molecule has 6 heteroatoms. The molecule has 0 fully saturated rings. The van der Waals surface area contributed by atoms with Crippen LogP contribution in [0.5, 0.6) is 5.75 Å². The van der Waals surface area contributed by atoms with Crippen LogP contribution in [0.4, 0.5) is 11.4 Å². The summed E-state index contributed by atoms with van der Waals surface area (Å²) in [6.07, 6.45) is -1.75. The van der Waals surface area contributed by atoms with Gasteiger partial charge in [-0.15, -0.1) is 0 Å². The first-order valence-electron chi connectivity index (χ1n) is 4.68. The third kappa shape index (κ3) is 6.88. The third-order valence-electron chi connectivity index (χ3n) is 1.45. The van der Waals surface area contributed by atoms with Gasteiger partial charge < -0.3 is 31.5 Å². The van der Waals surface area contributed by atoms with Crippen molar-refractivity contribution in [2.24, 2.45) is 0 Å². The van der Waals surface area contributed by atoms with E-state index in [1.54, 1.807) is 6.07 Å². The minimum atomic E-state index is -0.875. The van der Waals surface area contributed by atoms with Crippen LogP contribution >= 0.6 is 0 Å². The number of aliphatic hydroxyl groups is 2. The minimum Gasteiger partial charge on any atom is -0.506 e. The Hall–Kier alpha value is -1.50. The maximum Gasteiger partial charge on any atom is 0.154 e. The molecule has 16 heavy (non-hydrogen) atoms. The molecule has 2 atom stereocenters. The molecule has 0 aliphatic heterocycles. The van der Waals surface area contributed by atoms with Crippen molar-refractivity contribution in [2.75, 3.05) is 11.5 Å². The molecular weight excluding hydrogens is 212 g/mol. The lowest BCUT2D eigenvalue weighted by Gasteiger charge is -2.07. The fourth-order valence-corrected chi connectivity index (χ4v) is 0.858. The number of ether oxygens (including phenoxy) is 1. The van der Waals surface area contributed by atoms with Gasteiger partial charge in [0, 0.05) is 5.69 Å². The van der Waals surface area contributed by atoms with Gasteiger partial charge in [-0.3, -0.25) is 0 Å². The van der Waals surface area contributed by atoms with E-state index in [-0.39, 0.29) is 5.75 Å². The van der Waals surface area contributed by atoms with Crippen LogP contribution in [-0.2, 0) is 4.74 Å². The summed E-state index contributed by atoms with van der Waals surface area (Å²) >= 11 is 0. The number of rotatable bonds is 2. The van der Waals surface area contributed by atoms with E-state index in [1.165, 1.54) is 26.0 Å². The minimum absolute atomic E-state index is 0.0733. The zero-order valence-corrected chi connectivity index (χ0v) is 9.29. The van der Waals surface area contributed by atoms with Crippen LogP contribution in [0.2, 0.25) is 0 Å². The normalized spacial score (nSPS) is 13.5. The van der Waals surface area contributed by atoms with E-state index < -0.39 is 12.6 Å². The average molecular weight is 230 g/mol. The summed E-state index contributed by atoms with van der Waals surface area (Å²) < 4.78 is 4.36. The van der Waals surface area contributed by atoms with Crippen molar-refractivity contribution in [3.63, 3.8) is 0 Å². The van der Waals surface area contributed by atoms with Gasteiger partial charge in [0.25, 0.3) is 0 Å². The van der Waals surface area contributed by atoms with Gasteiger partial charge in [0.1, 0.15) is 5.75 Å². The van der Waals surface area contributed by atoms with E-state index in [1.807, 2.05) is 0 Å². The molecule has 0 saturated heterocycles. The first-order chi connectivity index (χ1) is 7.32. The largest absolute Gasteiger partial charge is 0.506 e. The molecule has 0 amide bonds. The van der Waals surface area contributed by atoms with Crippen LogP contribution in [0.3, 0.4) is 0 Å². The molecule has 0 radical (unpaired) electrons. The zero-order valence-electron chi connectivity index (χ0n) is 9.29. The number of phenols is 1. The molecule has 0 saturated carbocycles. The topological polar surface area (TPSA) is 122 Å². The zero-order chi connectivity index (χ0) is 12.7. The lowest BCUT2D eigenvalue weighted by atomic mass is 10.3. The van der Waals surface area contributed by atoms with E-state index in [2.05, 4.69) is 4.74 Å². The Morgan fingerprint density at radius 3 is 1.88 bits per heavy atom. The highest BCUT2D eigenvalue weighted by Gasteiger charge is 1.97. The number of hydrogen-bond donors (Lipinski definition) is 5. The fraction of sp³-hybridized carbons (Fsp3) is 0.400. The number of benzene rings is 1. The quantitative estimate of drug-likeness (QED) is 0.215. The summed E-state index contributed by atoms with van der Waals surface area (Å²) in [6, 6.07) is 4.56. The van der Waals surface area contributed by atoms with Crippen LogP contribution in [0.25, 0.3) is 0 Å². The van der Waals surface area contributed by atoms with Gasteiger partial charge in [-0.1, -0.05) is 0 Å². The Kier molecular flexibility index (Phi) is 6.24. The summed E-state index contributed by atoms with van der Waals surface area (Å²) in [5.74, 6) is 0.0733. The van der Waals surface area contributed by atoms with Crippen molar-refractivity contribution in [3.8, 4) is 5.75 Å². The number of nitrogens with two attached hydrogens (primary N) is 2. The van der Waals surface area contributed by atoms with Crippen molar-refractivity contribution in [1.29, 1.82) is 0 Å². The first-order valence-corrected chi connectivity index (χ1v) is 4.68. The Morgan fingerprint density at radius 2 is 1.62 bits per heavy atom. The molecule has 7 N–H and O–H groups in total. The lowest BCUT2D eigenvalue weighted by molar-refractivity contribution is -0.190. The smallest absolute Gasteiger partial charge is 0.154 e. The third-order valence-corrected chi connectivity index (χ3v) is 1.45. The van der Waals surface area contributed by atoms with Crippen molar-refractivity contribution in [2.45, 2.75) is 26.4 Å². The molecule has 6 nitrogen and oxygen atoms in total. The Morgan fingerprint density at radius 1 is 1.12 bits per heavy atom. The summed E-state index contributed by atoms with van der Waals surface area (Å²) in [5.41, 5.74) is 11.5. The number of anilines is 2. The monoisotopic (exact) mass is 230 g/mol. The number of hydrogen-bond acceptors (Lipinski definition) is 6. The molecule has 0 aliphatic rings. The average Bonchev–Trinajstić information content (AvgIpc) is 2.10. The van der Waals surface area contributed by atoms with Crippen molar-refractivity contribution in [3.05, 3.63) is 18.2 Å². The second-order valence-electron chi connectivity index (χ2n) is 3.15. The molecule has 0 aliphatic carbocycles. The Labute approximate surface area is 94.1 Å². The highest BCUT2D eigenvalue weighted by molar-refractivity contribution is 5.59. The first kappa shape index (κ1) is 14.5. The molecule has 2 unspecified atom stereocenters. The van der Waals surface area contributed by atoms with Crippen molar-refractivity contribution in [1.82, 2.24) is 0 Å². The Balaban J connectivity index is 0.000000293. The predicted molar refractivity (Wildman–Crippen MR) is 61.4 cm³/mol. The van der Waals surface area contributed by atoms with Gasteiger partial charge in [0.05, 0.1) is 5.69 Å². The SMILES string of the molecule is CC(O)OC(C)O.Nc1ccc(O)c(N)c1. The molecule has 0 aromatic heterocycles. The molecule has 92 valence electrons. The van der Waals surface area contributed by atoms with E-state index in [0.29, 0.717) is 11.4 Å². The second kappa shape index (κ2) is 6.89. The van der Waals surface area contributed by atoms with Crippen LogP contribution < -0.4 is 11.5 Å². The fourth-order valence-electron chi connectivity index (χ4n) is 0.858. The van der Waals surface area contributed by atoms with Gasteiger partial charge in [-0.2, -0.15) is 0 Å². The van der Waals surface area contributed by atoms with E-state index in [4.69, 9.17) is 26.8 Å². The summed E-state index contributed by atoms with van der Waals surface area (Å²) in [4.78, 5) is 0.